The van der Waals surface area contributed by atoms with E-state index in [1.165, 1.54) is 25.0 Å². The van der Waals surface area contributed by atoms with Crippen molar-refractivity contribution in [3.8, 4) is 11.5 Å². The van der Waals surface area contributed by atoms with Crippen LogP contribution in [-0.4, -0.2) is 28.9 Å². The summed E-state index contributed by atoms with van der Waals surface area (Å²) in [6.45, 7) is 4.32. The number of aromatic hydroxyl groups is 1. The molecule has 1 N–H and O–H groups in total. The number of carbonyl (C=O) groups excluding carboxylic acids is 1. The van der Waals surface area contributed by atoms with Crippen molar-refractivity contribution in [3.63, 3.8) is 0 Å². The Labute approximate surface area is 164 Å². The fourth-order valence-electron chi connectivity index (χ4n) is 3.96. The van der Waals surface area contributed by atoms with E-state index in [2.05, 4.69) is 4.90 Å². The van der Waals surface area contributed by atoms with Gasteiger partial charge in [-0.3, -0.25) is 9.69 Å². The number of likely N-dealkylation sites (tertiary alicyclic amines) is 1. The summed E-state index contributed by atoms with van der Waals surface area (Å²) in [7, 11) is 0. The van der Waals surface area contributed by atoms with E-state index < -0.39 is 0 Å². The van der Waals surface area contributed by atoms with E-state index in [1.807, 2.05) is 0 Å². The summed E-state index contributed by atoms with van der Waals surface area (Å²) < 4.78 is 19.1. The van der Waals surface area contributed by atoms with E-state index in [0.29, 0.717) is 34.5 Å². The lowest BCUT2D eigenvalue weighted by molar-refractivity contribution is 0.101. The van der Waals surface area contributed by atoms with E-state index >= 15 is 0 Å². The van der Waals surface area contributed by atoms with Crippen molar-refractivity contribution < 1.29 is 19.0 Å². The highest BCUT2D eigenvalue weighted by Crippen LogP contribution is 2.42. The number of allylic oxidation sites excluding steroid dienone is 1. The zero-order chi connectivity index (χ0) is 19.7. The second kappa shape index (κ2) is 7.76. The quantitative estimate of drug-likeness (QED) is 0.774. The Balaban J connectivity index is 1.68. The van der Waals surface area contributed by atoms with Crippen molar-refractivity contribution in [1.82, 2.24) is 4.90 Å². The smallest absolute Gasteiger partial charge is 0.232 e. The van der Waals surface area contributed by atoms with Gasteiger partial charge in [-0.05, 0) is 68.3 Å². The van der Waals surface area contributed by atoms with Gasteiger partial charge in [0.05, 0.1) is 11.1 Å². The van der Waals surface area contributed by atoms with E-state index in [4.69, 9.17) is 4.74 Å². The Morgan fingerprint density at radius 3 is 2.50 bits per heavy atom. The minimum atomic E-state index is -0.329. The van der Waals surface area contributed by atoms with Crippen molar-refractivity contribution in [2.24, 2.45) is 0 Å². The van der Waals surface area contributed by atoms with Crippen LogP contribution in [0.2, 0.25) is 0 Å². The molecule has 0 saturated carbocycles. The van der Waals surface area contributed by atoms with Gasteiger partial charge in [0.1, 0.15) is 17.3 Å². The number of aryl methyl sites for hydroxylation is 1. The Morgan fingerprint density at radius 2 is 1.82 bits per heavy atom. The van der Waals surface area contributed by atoms with Gasteiger partial charge < -0.3 is 9.84 Å². The molecule has 2 aliphatic rings. The van der Waals surface area contributed by atoms with Gasteiger partial charge in [0.2, 0.25) is 5.78 Å². The first-order valence-corrected chi connectivity index (χ1v) is 9.80. The van der Waals surface area contributed by atoms with Gasteiger partial charge in [0.25, 0.3) is 0 Å². The SMILES string of the molecule is Cc1cc(O)c(CN2CCCCCC2)c2c1C(=O)/C(=C/c1ccc(F)cc1)O2. The number of carbonyl (C=O) groups is 1. The summed E-state index contributed by atoms with van der Waals surface area (Å²) in [6, 6.07) is 7.55. The fourth-order valence-corrected chi connectivity index (χ4v) is 3.96. The number of rotatable bonds is 3. The van der Waals surface area contributed by atoms with Crippen LogP contribution in [0.3, 0.4) is 0 Å². The second-order valence-corrected chi connectivity index (χ2v) is 7.58. The van der Waals surface area contributed by atoms with Crippen LogP contribution in [0, 0.1) is 12.7 Å². The normalized spacial score (nSPS) is 18.8. The fraction of sp³-hybridized carbons (Fsp3) is 0.348. The van der Waals surface area contributed by atoms with Crippen LogP contribution in [0.25, 0.3) is 6.08 Å². The van der Waals surface area contributed by atoms with Crippen molar-refractivity contribution in [1.29, 1.82) is 0 Å². The number of hydrogen-bond donors (Lipinski definition) is 1. The molecule has 5 heteroatoms. The molecule has 28 heavy (non-hydrogen) atoms. The molecule has 146 valence electrons. The minimum Gasteiger partial charge on any atom is -0.507 e. The Morgan fingerprint density at radius 1 is 1.14 bits per heavy atom. The molecule has 0 atom stereocenters. The van der Waals surface area contributed by atoms with Crippen LogP contribution < -0.4 is 4.74 Å². The first-order chi connectivity index (χ1) is 13.5. The molecule has 0 spiro atoms. The highest BCUT2D eigenvalue weighted by molar-refractivity contribution is 6.15. The van der Waals surface area contributed by atoms with E-state index in [1.54, 1.807) is 31.2 Å². The van der Waals surface area contributed by atoms with Gasteiger partial charge in [0.15, 0.2) is 5.76 Å². The lowest BCUT2D eigenvalue weighted by atomic mass is 9.99. The van der Waals surface area contributed by atoms with Crippen molar-refractivity contribution in [2.45, 2.75) is 39.2 Å². The number of benzene rings is 2. The first kappa shape index (κ1) is 18.7. The number of fused-ring (bicyclic) bond motifs is 1. The first-order valence-electron chi connectivity index (χ1n) is 9.80. The monoisotopic (exact) mass is 381 g/mol. The molecule has 2 aliphatic heterocycles. The molecule has 0 bridgehead atoms. The summed E-state index contributed by atoms with van der Waals surface area (Å²) in [6.07, 6.45) is 6.37. The number of ketones is 1. The number of ether oxygens (including phenoxy) is 1. The number of Topliss-reactive ketones (excluding diaryl/α,β-unsaturated/α-hetero) is 1. The maximum Gasteiger partial charge on any atom is 0.232 e. The molecular weight excluding hydrogens is 357 g/mol. The van der Waals surface area contributed by atoms with Crippen LogP contribution in [0.1, 0.15) is 52.7 Å². The molecule has 2 heterocycles. The van der Waals surface area contributed by atoms with Crippen LogP contribution >= 0.6 is 0 Å². The molecule has 1 fully saturated rings. The molecule has 0 amide bonds. The maximum absolute atomic E-state index is 13.1. The highest BCUT2D eigenvalue weighted by Gasteiger charge is 2.33. The minimum absolute atomic E-state index is 0.163. The van der Waals surface area contributed by atoms with Gasteiger partial charge >= 0.3 is 0 Å². The lowest BCUT2D eigenvalue weighted by Gasteiger charge is -2.21. The molecule has 2 aromatic carbocycles. The van der Waals surface area contributed by atoms with E-state index in [-0.39, 0.29) is 23.1 Å². The summed E-state index contributed by atoms with van der Waals surface area (Å²) in [4.78, 5) is 15.2. The van der Waals surface area contributed by atoms with Crippen LogP contribution in [0.15, 0.2) is 36.1 Å². The van der Waals surface area contributed by atoms with Gasteiger partial charge in [-0.2, -0.15) is 0 Å². The Bertz CT molecular complexity index is 926. The molecule has 0 aliphatic carbocycles. The molecule has 0 radical (unpaired) electrons. The van der Waals surface area contributed by atoms with E-state index in [9.17, 15) is 14.3 Å². The van der Waals surface area contributed by atoms with Gasteiger partial charge in [0, 0.05) is 6.54 Å². The second-order valence-electron chi connectivity index (χ2n) is 7.58. The summed E-state index contributed by atoms with van der Waals surface area (Å²) in [5, 5.41) is 10.6. The number of phenolic OH excluding ortho intramolecular Hbond substituents is 1. The van der Waals surface area contributed by atoms with Gasteiger partial charge in [-0.1, -0.05) is 25.0 Å². The Hall–Kier alpha value is -2.66. The molecular formula is C23H24FNO3. The molecule has 4 nitrogen and oxygen atoms in total. The lowest BCUT2D eigenvalue weighted by Crippen LogP contribution is -2.24. The van der Waals surface area contributed by atoms with Crippen molar-refractivity contribution in [3.05, 3.63) is 64.2 Å². The standard InChI is InChI=1S/C23H24FNO3/c1-15-12-19(26)18(14-25-10-4-2-3-5-11-25)23-21(15)22(27)20(28-23)13-16-6-8-17(24)9-7-16/h6-9,12-13,26H,2-5,10-11,14H2,1H3/b20-13-. The molecule has 0 aromatic heterocycles. The maximum atomic E-state index is 13.1. The number of phenols is 1. The predicted molar refractivity (Wildman–Crippen MR) is 106 cm³/mol. The van der Waals surface area contributed by atoms with E-state index in [0.717, 1.165) is 25.9 Å². The molecule has 0 unspecified atom stereocenters. The third kappa shape index (κ3) is 3.67. The van der Waals surface area contributed by atoms with Crippen LogP contribution in [0.5, 0.6) is 11.5 Å². The zero-order valence-electron chi connectivity index (χ0n) is 16.0. The third-order valence-corrected chi connectivity index (χ3v) is 5.47. The highest BCUT2D eigenvalue weighted by atomic mass is 19.1. The average Bonchev–Trinajstić information content (AvgIpc) is 2.84. The van der Waals surface area contributed by atoms with Crippen molar-refractivity contribution >= 4 is 11.9 Å². The zero-order valence-corrected chi connectivity index (χ0v) is 16.0. The number of hydrogen-bond acceptors (Lipinski definition) is 4. The number of nitrogens with zero attached hydrogens (tertiary/aromatic N) is 1. The molecule has 2 aromatic rings. The van der Waals surface area contributed by atoms with Gasteiger partial charge in [-0.25, -0.2) is 4.39 Å². The summed E-state index contributed by atoms with van der Waals surface area (Å²) >= 11 is 0. The van der Waals surface area contributed by atoms with Crippen LogP contribution in [-0.2, 0) is 6.54 Å². The third-order valence-electron chi connectivity index (χ3n) is 5.47. The molecule has 4 rings (SSSR count). The average molecular weight is 381 g/mol. The summed E-state index contributed by atoms with van der Waals surface area (Å²) in [5.74, 6) is 0.294. The van der Waals surface area contributed by atoms with Crippen LogP contribution in [0.4, 0.5) is 4.39 Å². The van der Waals surface area contributed by atoms with Gasteiger partial charge in [-0.15, -0.1) is 0 Å². The number of halogens is 1. The van der Waals surface area contributed by atoms with Crippen molar-refractivity contribution in [2.75, 3.05) is 13.1 Å². The molecule has 1 saturated heterocycles. The Kier molecular flexibility index (Phi) is 5.18. The summed E-state index contributed by atoms with van der Waals surface area (Å²) in [5.41, 5.74) is 2.56. The predicted octanol–water partition coefficient (Wildman–Crippen LogP) is 4.83. The largest absolute Gasteiger partial charge is 0.507 e. The topological polar surface area (TPSA) is 49.8 Å².